The first kappa shape index (κ1) is 9.04. The molecule has 1 fully saturated rings. The number of nitrogens with one attached hydrogen (secondary N) is 1. The Bertz CT molecular complexity index is 368. The van der Waals surface area contributed by atoms with Crippen LogP contribution < -0.4 is 5.32 Å². The summed E-state index contributed by atoms with van der Waals surface area (Å²) >= 11 is 0. The van der Waals surface area contributed by atoms with Gasteiger partial charge >= 0.3 is 0 Å². The lowest BCUT2D eigenvalue weighted by molar-refractivity contribution is -0.0570. The van der Waals surface area contributed by atoms with Gasteiger partial charge in [0, 0.05) is 29.9 Å². The van der Waals surface area contributed by atoms with E-state index in [0.717, 1.165) is 25.3 Å². The van der Waals surface area contributed by atoms with Crippen molar-refractivity contribution in [1.29, 1.82) is 0 Å². The molecule has 1 saturated heterocycles. The zero-order valence-electron chi connectivity index (χ0n) is 8.99. The van der Waals surface area contributed by atoms with E-state index < -0.39 is 0 Å². The third-order valence-corrected chi connectivity index (χ3v) is 3.44. The van der Waals surface area contributed by atoms with Crippen molar-refractivity contribution in [3.05, 3.63) is 35.3 Å². The topological polar surface area (TPSA) is 24.5 Å². The Kier molecular flexibility index (Phi) is 2.06. The number of hydroxylamine groups is 2. The molecule has 2 aliphatic heterocycles. The highest BCUT2D eigenvalue weighted by Gasteiger charge is 2.30. The molecule has 15 heavy (non-hydrogen) atoms. The fraction of sp³-hybridized carbons (Fsp3) is 0.500. The van der Waals surface area contributed by atoms with Crippen LogP contribution in [0.5, 0.6) is 0 Å². The minimum Gasteiger partial charge on any atom is -0.388 e. The molecule has 80 valence electrons. The lowest BCUT2D eigenvalue weighted by Crippen LogP contribution is -2.25. The van der Waals surface area contributed by atoms with Crippen LogP contribution in [0, 0.1) is 5.92 Å². The minimum absolute atomic E-state index is 0.731. The molecule has 3 heteroatoms. The lowest BCUT2D eigenvalue weighted by atomic mass is 9.88. The number of hydrogen-bond donors (Lipinski definition) is 1. The standard InChI is InChI=1S/C12H16N2O/c1-15-14-8-2-3-10-11(14)5-4-9-6-7-13-12(9)10/h2,5,8-9,13H,3-4,6-7H2,1H3. The van der Waals surface area contributed by atoms with Crippen molar-refractivity contribution < 1.29 is 4.84 Å². The molecule has 0 radical (unpaired) electrons. The van der Waals surface area contributed by atoms with Gasteiger partial charge in [0.15, 0.2) is 0 Å². The molecule has 1 aliphatic carbocycles. The molecular formula is C12H16N2O. The molecule has 0 aromatic heterocycles. The molecule has 0 spiro atoms. The van der Waals surface area contributed by atoms with E-state index in [0.29, 0.717) is 0 Å². The van der Waals surface area contributed by atoms with Crippen molar-refractivity contribution >= 4 is 0 Å². The number of rotatable bonds is 1. The molecule has 0 aromatic carbocycles. The highest BCUT2D eigenvalue weighted by atomic mass is 16.7. The van der Waals surface area contributed by atoms with E-state index >= 15 is 0 Å². The highest BCUT2D eigenvalue weighted by Crippen LogP contribution is 2.38. The van der Waals surface area contributed by atoms with Crippen molar-refractivity contribution in [3.63, 3.8) is 0 Å². The van der Waals surface area contributed by atoms with E-state index in [9.17, 15) is 0 Å². The number of nitrogens with zero attached hydrogens (tertiary/aromatic N) is 1. The van der Waals surface area contributed by atoms with Crippen LogP contribution in [-0.4, -0.2) is 18.7 Å². The molecule has 0 amide bonds. The molecule has 3 aliphatic rings. The minimum atomic E-state index is 0.731. The van der Waals surface area contributed by atoms with E-state index in [1.807, 2.05) is 11.3 Å². The second-order valence-corrected chi connectivity index (χ2v) is 4.23. The molecule has 0 aromatic rings. The average Bonchev–Trinajstić information content (AvgIpc) is 2.76. The van der Waals surface area contributed by atoms with Gasteiger partial charge in [-0.3, -0.25) is 4.84 Å². The largest absolute Gasteiger partial charge is 0.388 e. The van der Waals surface area contributed by atoms with E-state index in [-0.39, 0.29) is 0 Å². The van der Waals surface area contributed by atoms with Crippen LogP contribution in [-0.2, 0) is 4.84 Å². The van der Waals surface area contributed by atoms with Gasteiger partial charge in [0.05, 0.1) is 12.8 Å². The summed E-state index contributed by atoms with van der Waals surface area (Å²) in [5.74, 6) is 0.731. The van der Waals surface area contributed by atoms with Crippen LogP contribution in [0.1, 0.15) is 19.3 Å². The summed E-state index contributed by atoms with van der Waals surface area (Å²) in [6, 6.07) is 0. The van der Waals surface area contributed by atoms with Crippen LogP contribution in [0.2, 0.25) is 0 Å². The molecule has 0 bridgehead atoms. The first-order chi connectivity index (χ1) is 7.40. The summed E-state index contributed by atoms with van der Waals surface area (Å²) < 4.78 is 0. The molecule has 0 saturated carbocycles. The van der Waals surface area contributed by atoms with Gasteiger partial charge in [-0.05, 0) is 19.3 Å². The second kappa shape index (κ2) is 3.42. The Balaban J connectivity index is 2.02. The molecule has 3 rings (SSSR count). The zero-order chi connectivity index (χ0) is 10.3. The van der Waals surface area contributed by atoms with Gasteiger partial charge in [-0.25, -0.2) is 5.06 Å². The van der Waals surface area contributed by atoms with Gasteiger partial charge in [0.2, 0.25) is 0 Å². The van der Waals surface area contributed by atoms with E-state index in [1.165, 1.54) is 23.4 Å². The van der Waals surface area contributed by atoms with Crippen LogP contribution >= 0.6 is 0 Å². The molecule has 1 atom stereocenters. The zero-order valence-corrected chi connectivity index (χ0v) is 8.99. The van der Waals surface area contributed by atoms with E-state index in [4.69, 9.17) is 4.84 Å². The van der Waals surface area contributed by atoms with Crippen molar-refractivity contribution in [3.8, 4) is 0 Å². The summed E-state index contributed by atoms with van der Waals surface area (Å²) in [5.41, 5.74) is 4.12. The summed E-state index contributed by atoms with van der Waals surface area (Å²) in [6.45, 7) is 1.13. The first-order valence-electron chi connectivity index (χ1n) is 5.57. The third-order valence-electron chi connectivity index (χ3n) is 3.44. The van der Waals surface area contributed by atoms with Gasteiger partial charge in [-0.2, -0.15) is 0 Å². The molecule has 2 heterocycles. The second-order valence-electron chi connectivity index (χ2n) is 4.23. The van der Waals surface area contributed by atoms with Crippen molar-refractivity contribution in [2.45, 2.75) is 19.3 Å². The molecular weight excluding hydrogens is 188 g/mol. The maximum Gasteiger partial charge on any atom is 0.0701 e. The Labute approximate surface area is 90.0 Å². The fourth-order valence-corrected chi connectivity index (χ4v) is 2.72. The predicted molar refractivity (Wildman–Crippen MR) is 58.4 cm³/mol. The lowest BCUT2D eigenvalue weighted by Gasteiger charge is -2.31. The summed E-state index contributed by atoms with van der Waals surface area (Å²) in [6.07, 6.45) is 9.93. The van der Waals surface area contributed by atoms with Crippen molar-refractivity contribution in [2.75, 3.05) is 13.7 Å². The smallest absolute Gasteiger partial charge is 0.0701 e. The quantitative estimate of drug-likeness (QED) is 0.706. The van der Waals surface area contributed by atoms with Gasteiger partial charge in [-0.15, -0.1) is 0 Å². The van der Waals surface area contributed by atoms with Crippen molar-refractivity contribution in [2.24, 2.45) is 5.92 Å². The Morgan fingerprint density at radius 1 is 1.53 bits per heavy atom. The maximum atomic E-state index is 5.33. The number of fused-ring (bicyclic) bond motifs is 2. The van der Waals surface area contributed by atoms with Gasteiger partial charge in [0.25, 0.3) is 0 Å². The maximum absolute atomic E-state index is 5.33. The number of hydrogen-bond acceptors (Lipinski definition) is 3. The first-order valence-corrected chi connectivity index (χ1v) is 5.57. The summed E-state index contributed by atoms with van der Waals surface area (Å²) in [4.78, 5) is 5.33. The van der Waals surface area contributed by atoms with Crippen LogP contribution in [0.15, 0.2) is 35.3 Å². The fourth-order valence-electron chi connectivity index (χ4n) is 2.72. The Morgan fingerprint density at radius 2 is 2.47 bits per heavy atom. The van der Waals surface area contributed by atoms with Crippen LogP contribution in [0.4, 0.5) is 0 Å². The SMILES string of the molecule is CON1C=CCC2=C3NCCC3CC=C21. The Hall–Kier alpha value is -1.22. The normalized spacial score (nSPS) is 28.5. The third kappa shape index (κ3) is 1.30. The number of allylic oxidation sites excluding steroid dienone is 4. The molecule has 3 nitrogen and oxygen atoms in total. The monoisotopic (exact) mass is 204 g/mol. The highest BCUT2D eigenvalue weighted by molar-refractivity contribution is 5.43. The van der Waals surface area contributed by atoms with E-state index in [1.54, 1.807) is 7.11 Å². The molecule has 1 N–H and O–H groups in total. The van der Waals surface area contributed by atoms with Gasteiger partial charge in [-0.1, -0.05) is 12.2 Å². The van der Waals surface area contributed by atoms with Gasteiger partial charge < -0.3 is 5.32 Å². The van der Waals surface area contributed by atoms with Crippen molar-refractivity contribution in [1.82, 2.24) is 10.4 Å². The van der Waals surface area contributed by atoms with E-state index in [2.05, 4.69) is 17.5 Å². The molecule has 1 unspecified atom stereocenters. The average molecular weight is 204 g/mol. The summed E-state index contributed by atoms with van der Waals surface area (Å²) in [5, 5.41) is 5.39. The van der Waals surface area contributed by atoms with Gasteiger partial charge in [0.1, 0.15) is 0 Å². The predicted octanol–water partition coefficient (Wildman–Crippen LogP) is 1.92. The van der Waals surface area contributed by atoms with Crippen LogP contribution in [0.3, 0.4) is 0 Å². The van der Waals surface area contributed by atoms with Crippen LogP contribution in [0.25, 0.3) is 0 Å². The Morgan fingerprint density at radius 3 is 3.33 bits per heavy atom. The summed E-state index contributed by atoms with van der Waals surface area (Å²) in [7, 11) is 1.72.